The number of benzene rings is 2. The average Bonchev–Trinajstić information content (AvgIpc) is 3.32. The molecule has 4 nitrogen and oxygen atoms in total. The van der Waals surface area contributed by atoms with Crippen LogP contribution < -0.4 is 5.32 Å². The van der Waals surface area contributed by atoms with Crippen LogP contribution in [0.5, 0.6) is 0 Å². The summed E-state index contributed by atoms with van der Waals surface area (Å²) in [6, 6.07) is 13.6. The summed E-state index contributed by atoms with van der Waals surface area (Å²) in [6.45, 7) is 9.36. The maximum atomic E-state index is 13.1. The molecule has 1 N–H and O–H groups in total. The summed E-state index contributed by atoms with van der Waals surface area (Å²) in [5.41, 5.74) is 4.54. The third-order valence-electron chi connectivity index (χ3n) is 5.67. The first-order chi connectivity index (χ1) is 16.2. The highest BCUT2D eigenvalue weighted by Crippen LogP contribution is 2.35. The van der Waals surface area contributed by atoms with E-state index in [4.69, 9.17) is 9.84 Å². The summed E-state index contributed by atoms with van der Waals surface area (Å²) in [5, 5.41) is 9.10. The van der Waals surface area contributed by atoms with Gasteiger partial charge in [-0.15, -0.1) is 11.3 Å². The monoisotopic (exact) mass is 485 g/mol. The molecule has 0 unspecified atom stereocenters. The minimum Gasteiger partial charge on any atom is -0.383 e. The van der Waals surface area contributed by atoms with Crippen LogP contribution >= 0.6 is 11.3 Å². The van der Waals surface area contributed by atoms with Gasteiger partial charge in [-0.05, 0) is 43.0 Å². The van der Waals surface area contributed by atoms with Crippen LogP contribution in [0.2, 0.25) is 0 Å². The van der Waals surface area contributed by atoms with E-state index in [1.54, 1.807) is 24.5 Å². The fraction of sp³-hybridized carbons (Fsp3) is 0.269. The second-order valence-electron chi connectivity index (χ2n) is 8.14. The van der Waals surface area contributed by atoms with Crippen molar-refractivity contribution in [1.82, 2.24) is 15.1 Å². The van der Waals surface area contributed by atoms with Crippen LogP contribution in [0.15, 0.2) is 55.1 Å². The van der Waals surface area contributed by atoms with Gasteiger partial charge in [0.15, 0.2) is 0 Å². The molecule has 0 saturated carbocycles. The molecule has 0 fully saturated rings. The Morgan fingerprint density at radius 1 is 1.15 bits per heavy atom. The zero-order valence-electron chi connectivity index (χ0n) is 19.3. The van der Waals surface area contributed by atoms with Crippen LogP contribution in [-0.2, 0) is 17.3 Å². The van der Waals surface area contributed by atoms with Gasteiger partial charge in [-0.1, -0.05) is 36.9 Å². The predicted octanol–water partition coefficient (Wildman–Crippen LogP) is 6.52. The number of rotatable bonds is 8. The lowest BCUT2D eigenvalue weighted by Crippen LogP contribution is -2.17. The number of ether oxygens (including phenoxy) is 1. The van der Waals surface area contributed by atoms with Gasteiger partial charge in [0.2, 0.25) is 0 Å². The number of aryl methyl sites for hydroxylation is 1. The Bertz CT molecular complexity index is 1340. The number of hydrogen-bond acceptors (Lipinski definition) is 4. The smallest absolute Gasteiger partial charge is 0.383 e. The van der Waals surface area contributed by atoms with Gasteiger partial charge in [-0.2, -0.15) is 18.3 Å². The Morgan fingerprint density at radius 3 is 2.65 bits per heavy atom. The minimum atomic E-state index is -4.35. The van der Waals surface area contributed by atoms with Crippen molar-refractivity contribution >= 4 is 27.1 Å². The number of nitrogens with one attached hydrogen (secondary N) is 1. The van der Waals surface area contributed by atoms with Gasteiger partial charge in [-0.25, -0.2) is 4.68 Å². The lowest BCUT2D eigenvalue weighted by Gasteiger charge is -2.10. The molecule has 0 bridgehead atoms. The molecule has 2 aromatic heterocycles. The first-order valence-corrected chi connectivity index (χ1v) is 11.7. The summed E-state index contributed by atoms with van der Waals surface area (Å²) in [5.74, 6) is 0. The summed E-state index contributed by atoms with van der Waals surface area (Å²) >= 11 is 1.58. The normalized spacial score (nSPS) is 11.8. The van der Waals surface area contributed by atoms with E-state index >= 15 is 0 Å². The van der Waals surface area contributed by atoms with E-state index in [9.17, 15) is 13.2 Å². The van der Waals surface area contributed by atoms with E-state index in [2.05, 4.69) is 11.9 Å². The molecule has 0 aliphatic heterocycles. The second kappa shape index (κ2) is 9.64. The van der Waals surface area contributed by atoms with E-state index in [-0.39, 0.29) is 0 Å². The number of fused-ring (bicyclic) bond motifs is 1. The fourth-order valence-corrected chi connectivity index (χ4v) is 5.31. The van der Waals surface area contributed by atoms with Gasteiger partial charge in [0.05, 0.1) is 33.9 Å². The fourth-order valence-electron chi connectivity index (χ4n) is 4.12. The zero-order valence-corrected chi connectivity index (χ0v) is 20.1. The van der Waals surface area contributed by atoms with Crippen molar-refractivity contribution in [2.45, 2.75) is 26.4 Å². The molecular formula is C26H26F3N3OS. The third-order valence-corrected chi connectivity index (χ3v) is 6.85. The van der Waals surface area contributed by atoms with Crippen LogP contribution in [0.1, 0.15) is 33.0 Å². The lowest BCUT2D eigenvalue weighted by molar-refractivity contribution is -0.137. The van der Waals surface area contributed by atoms with Gasteiger partial charge < -0.3 is 10.1 Å². The van der Waals surface area contributed by atoms with Crippen LogP contribution in [0.3, 0.4) is 0 Å². The average molecular weight is 486 g/mol. The van der Waals surface area contributed by atoms with Gasteiger partial charge in [-0.3, -0.25) is 0 Å². The Kier molecular flexibility index (Phi) is 6.81. The molecule has 8 heteroatoms. The summed E-state index contributed by atoms with van der Waals surface area (Å²) < 4.78 is 47.4. The Labute approximate surface area is 200 Å². The maximum Gasteiger partial charge on any atom is 0.416 e. The SMILES string of the molecule is C=C(NCCOC)c1c(C)nn(-c2cccc3cc(Cc4cccc(C(F)(F)F)c4)sc23)c1C. The summed E-state index contributed by atoms with van der Waals surface area (Å²) in [6.07, 6.45) is -3.91. The van der Waals surface area contributed by atoms with E-state index in [1.165, 1.54) is 12.1 Å². The molecule has 0 aliphatic carbocycles. The Hall–Kier alpha value is -3.10. The highest BCUT2D eigenvalue weighted by Gasteiger charge is 2.30. The first kappa shape index (κ1) is 24.0. The zero-order chi connectivity index (χ0) is 24.5. The van der Waals surface area contributed by atoms with Gasteiger partial charge >= 0.3 is 6.18 Å². The van der Waals surface area contributed by atoms with E-state index < -0.39 is 11.7 Å². The molecule has 0 saturated heterocycles. The second-order valence-corrected chi connectivity index (χ2v) is 9.28. The molecule has 178 valence electrons. The quantitative estimate of drug-likeness (QED) is 0.289. The first-order valence-electron chi connectivity index (χ1n) is 10.8. The molecule has 0 amide bonds. The molecule has 2 heterocycles. The molecule has 0 radical (unpaired) electrons. The maximum absolute atomic E-state index is 13.1. The van der Waals surface area contributed by atoms with Crippen molar-refractivity contribution in [3.05, 3.63) is 88.1 Å². The lowest BCUT2D eigenvalue weighted by atomic mass is 10.1. The minimum absolute atomic E-state index is 0.436. The number of nitrogens with zero attached hydrogens (tertiary/aromatic N) is 2. The van der Waals surface area contributed by atoms with Crippen LogP contribution in [0.25, 0.3) is 21.5 Å². The molecule has 4 aromatic rings. The van der Waals surface area contributed by atoms with E-state index in [1.807, 2.05) is 42.8 Å². The standard InChI is InChI=1S/C26H26F3N3OS/c1-16(30-11-12-33-4)24-17(2)31-32(18(24)3)23-10-6-8-20-15-22(34-25(20)23)14-19-7-5-9-21(13-19)26(27,28)29/h5-10,13,15,30H,1,11-12,14H2,2-4H3. The van der Waals surface area contributed by atoms with Crippen LogP contribution in [0, 0.1) is 13.8 Å². The molecular weight excluding hydrogens is 459 g/mol. The van der Waals surface area contributed by atoms with Gasteiger partial charge in [0, 0.05) is 36.2 Å². The van der Waals surface area contributed by atoms with Crippen molar-refractivity contribution in [2.24, 2.45) is 0 Å². The van der Waals surface area contributed by atoms with Crippen molar-refractivity contribution in [3.63, 3.8) is 0 Å². The molecule has 4 rings (SSSR count). The number of hydrogen-bond donors (Lipinski definition) is 1. The summed E-state index contributed by atoms with van der Waals surface area (Å²) in [7, 11) is 1.65. The van der Waals surface area contributed by atoms with Crippen LogP contribution in [-0.4, -0.2) is 30.0 Å². The largest absolute Gasteiger partial charge is 0.416 e. The van der Waals surface area contributed by atoms with Crippen molar-refractivity contribution in [2.75, 3.05) is 20.3 Å². The number of aromatic nitrogens is 2. The van der Waals surface area contributed by atoms with Crippen LogP contribution in [0.4, 0.5) is 13.2 Å². The Balaban J connectivity index is 1.67. The number of halogens is 3. The molecule has 2 aromatic carbocycles. The predicted molar refractivity (Wildman–Crippen MR) is 132 cm³/mol. The number of alkyl halides is 3. The Morgan fingerprint density at radius 2 is 1.91 bits per heavy atom. The summed E-state index contributed by atoms with van der Waals surface area (Å²) in [4.78, 5) is 0.995. The highest BCUT2D eigenvalue weighted by atomic mass is 32.1. The topological polar surface area (TPSA) is 39.1 Å². The molecule has 34 heavy (non-hydrogen) atoms. The van der Waals surface area contributed by atoms with Crippen molar-refractivity contribution < 1.29 is 17.9 Å². The van der Waals surface area contributed by atoms with Gasteiger partial charge in [0.25, 0.3) is 0 Å². The van der Waals surface area contributed by atoms with Gasteiger partial charge in [0.1, 0.15) is 0 Å². The van der Waals surface area contributed by atoms with E-state index in [0.717, 1.165) is 49.4 Å². The highest BCUT2D eigenvalue weighted by molar-refractivity contribution is 7.19. The van der Waals surface area contributed by atoms with Crippen molar-refractivity contribution in [3.8, 4) is 5.69 Å². The number of thiophene rings is 1. The van der Waals surface area contributed by atoms with E-state index in [0.29, 0.717) is 25.1 Å². The van der Waals surface area contributed by atoms with Crippen molar-refractivity contribution in [1.29, 1.82) is 0 Å². The molecule has 0 aliphatic rings. The molecule has 0 spiro atoms. The third kappa shape index (κ3) is 4.88. The molecule has 0 atom stereocenters. The number of methoxy groups -OCH3 is 1.